The molecule has 0 unspecified atom stereocenters. The molecule has 0 aliphatic heterocycles. The first-order chi connectivity index (χ1) is 14.5. The van der Waals surface area contributed by atoms with Gasteiger partial charge in [-0.05, 0) is 43.7 Å². The van der Waals surface area contributed by atoms with E-state index < -0.39 is 11.2 Å². The summed E-state index contributed by atoms with van der Waals surface area (Å²) in [7, 11) is 3.03. The third-order valence-electron chi connectivity index (χ3n) is 4.58. The monoisotopic (exact) mass is 414 g/mol. The SMILES string of the molecule is CCOCCn1c(NN=Cc2ccc(OCC)cc2)nc2c1c(=O)n(C)c(=O)n2C. The Kier molecular flexibility index (Phi) is 6.68. The number of anilines is 1. The van der Waals surface area contributed by atoms with Crippen molar-refractivity contribution < 1.29 is 9.47 Å². The normalized spacial score (nSPS) is 11.5. The van der Waals surface area contributed by atoms with Gasteiger partial charge in [-0.15, -0.1) is 0 Å². The van der Waals surface area contributed by atoms with Crippen LogP contribution in [-0.4, -0.2) is 44.7 Å². The summed E-state index contributed by atoms with van der Waals surface area (Å²) >= 11 is 0. The maximum Gasteiger partial charge on any atom is 0.332 e. The molecule has 10 nitrogen and oxygen atoms in total. The number of ether oxygens (including phenoxy) is 2. The van der Waals surface area contributed by atoms with Crippen molar-refractivity contribution in [2.24, 2.45) is 19.2 Å². The first-order valence-electron chi connectivity index (χ1n) is 9.73. The van der Waals surface area contributed by atoms with Gasteiger partial charge in [0.1, 0.15) is 5.75 Å². The zero-order valence-electron chi connectivity index (χ0n) is 17.6. The van der Waals surface area contributed by atoms with E-state index in [0.717, 1.165) is 15.9 Å². The Bertz CT molecular complexity index is 1160. The highest BCUT2D eigenvalue weighted by Crippen LogP contribution is 2.16. The fourth-order valence-corrected chi connectivity index (χ4v) is 3.03. The lowest BCUT2D eigenvalue weighted by Crippen LogP contribution is -2.37. The molecule has 0 fully saturated rings. The summed E-state index contributed by atoms with van der Waals surface area (Å²) in [5.74, 6) is 1.14. The van der Waals surface area contributed by atoms with Gasteiger partial charge in [0.15, 0.2) is 11.2 Å². The van der Waals surface area contributed by atoms with Crippen molar-refractivity contribution >= 4 is 23.3 Å². The molecular formula is C20H26N6O4. The Labute approximate surface area is 173 Å². The van der Waals surface area contributed by atoms with E-state index in [9.17, 15) is 9.59 Å². The van der Waals surface area contributed by atoms with Crippen molar-refractivity contribution in [3.8, 4) is 5.75 Å². The highest BCUT2D eigenvalue weighted by atomic mass is 16.5. The summed E-state index contributed by atoms with van der Waals surface area (Å²) in [6.45, 7) is 5.77. The minimum absolute atomic E-state index is 0.290. The summed E-state index contributed by atoms with van der Waals surface area (Å²) in [6.07, 6.45) is 1.64. The molecule has 0 spiro atoms. The topological polar surface area (TPSA) is 105 Å². The minimum Gasteiger partial charge on any atom is -0.494 e. The standard InChI is InChI=1S/C20H26N6O4/c1-5-29-12-11-26-16-17(24(3)20(28)25(4)18(16)27)22-19(26)23-21-13-14-7-9-15(10-8-14)30-6-2/h7-10,13H,5-6,11-12H2,1-4H3,(H,22,23). The fourth-order valence-electron chi connectivity index (χ4n) is 3.03. The van der Waals surface area contributed by atoms with Gasteiger partial charge >= 0.3 is 5.69 Å². The lowest BCUT2D eigenvalue weighted by atomic mass is 10.2. The number of benzene rings is 1. The van der Waals surface area contributed by atoms with Crippen LogP contribution in [0.5, 0.6) is 5.75 Å². The smallest absolute Gasteiger partial charge is 0.332 e. The second-order valence-electron chi connectivity index (χ2n) is 6.53. The van der Waals surface area contributed by atoms with E-state index in [1.165, 1.54) is 11.6 Å². The van der Waals surface area contributed by atoms with Gasteiger partial charge in [-0.25, -0.2) is 10.2 Å². The average molecular weight is 414 g/mol. The van der Waals surface area contributed by atoms with E-state index in [1.54, 1.807) is 17.8 Å². The average Bonchev–Trinajstić information content (AvgIpc) is 3.11. The molecule has 0 saturated heterocycles. The van der Waals surface area contributed by atoms with Crippen LogP contribution >= 0.6 is 0 Å². The van der Waals surface area contributed by atoms with E-state index in [0.29, 0.717) is 43.5 Å². The highest BCUT2D eigenvalue weighted by molar-refractivity contribution is 5.80. The summed E-state index contributed by atoms with van der Waals surface area (Å²) in [6, 6.07) is 7.49. The second-order valence-corrected chi connectivity index (χ2v) is 6.53. The first-order valence-corrected chi connectivity index (χ1v) is 9.73. The number of hydrogen-bond acceptors (Lipinski definition) is 7. The van der Waals surface area contributed by atoms with Gasteiger partial charge in [-0.2, -0.15) is 10.1 Å². The molecule has 30 heavy (non-hydrogen) atoms. The van der Waals surface area contributed by atoms with Crippen LogP contribution in [0.3, 0.4) is 0 Å². The minimum atomic E-state index is -0.439. The molecule has 0 amide bonds. The maximum atomic E-state index is 12.7. The van der Waals surface area contributed by atoms with Crippen LogP contribution in [0.15, 0.2) is 39.0 Å². The molecule has 0 aliphatic rings. The van der Waals surface area contributed by atoms with Crippen LogP contribution in [0.4, 0.5) is 5.95 Å². The van der Waals surface area contributed by atoms with Crippen molar-refractivity contribution in [2.45, 2.75) is 20.4 Å². The Morgan fingerprint density at radius 1 is 1.10 bits per heavy atom. The third-order valence-corrected chi connectivity index (χ3v) is 4.58. The lowest BCUT2D eigenvalue weighted by Gasteiger charge is -2.09. The number of fused-ring (bicyclic) bond motifs is 1. The molecule has 3 rings (SSSR count). The molecule has 0 bridgehead atoms. The van der Waals surface area contributed by atoms with Crippen molar-refractivity contribution in [1.82, 2.24) is 18.7 Å². The maximum absolute atomic E-state index is 12.7. The van der Waals surface area contributed by atoms with Crippen LogP contribution in [0, 0.1) is 0 Å². The molecule has 1 aromatic carbocycles. The van der Waals surface area contributed by atoms with E-state index >= 15 is 0 Å². The van der Waals surface area contributed by atoms with E-state index in [2.05, 4.69) is 15.5 Å². The van der Waals surface area contributed by atoms with Gasteiger partial charge in [0.2, 0.25) is 5.95 Å². The molecule has 0 atom stereocenters. The molecule has 10 heteroatoms. The molecule has 160 valence electrons. The summed E-state index contributed by atoms with van der Waals surface area (Å²) in [5.41, 5.74) is 3.50. The van der Waals surface area contributed by atoms with Gasteiger partial charge in [0, 0.05) is 27.2 Å². The quantitative estimate of drug-likeness (QED) is 0.322. The van der Waals surface area contributed by atoms with E-state index in [4.69, 9.17) is 9.47 Å². The molecular weight excluding hydrogens is 388 g/mol. The number of aryl methyl sites for hydroxylation is 1. The van der Waals surface area contributed by atoms with Gasteiger partial charge in [-0.3, -0.25) is 13.9 Å². The first kappa shape index (κ1) is 21.3. The molecule has 2 aromatic heterocycles. The van der Waals surface area contributed by atoms with Crippen LogP contribution in [-0.2, 0) is 25.4 Å². The van der Waals surface area contributed by atoms with E-state index in [-0.39, 0.29) is 0 Å². The number of hydrazone groups is 1. The molecule has 0 saturated carbocycles. The van der Waals surface area contributed by atoms with Gasteiger partial charge in [0.25, 0.3) is 5.56 Å². The highest BCUT2D eigenvalue weighted by Gasteiger charge is 2.18. The summed E-state index contributed by atoms with van der Waals surface area (Å²) < 4.78 is 15.0. The van der Waals surface area contributed by atoms with Crippen LogP contribution in [0.25, 0.3) is 11.2 Å². The van der Waals surface area contributed by atoms with E-state index in [1.807, 2.05) is 38.1 Å². The van der Waals surface area contributed by atoms with Crippen molar-refractivity contribution in [1.29, 1.82) is 0 Å². The number of nitrogens with zero attached hydrogens (tertiary/aromatic N) is 5. The van der Waals surface area contributed by atoms with Crippen molar-refractivity contribution in [3.05, 3.63) is 50.7 Å². The molecule has 0 radical (unpaired) electrons. The summed E-state index contributed by atoms with van der Waals surface area (Å²) in [5, 5.41) is 4.24. The van der Waals surface area contributed by atoms with Gasteiger partial charge < -0.3 is 14.0 Å². The fraction of sp³-hybridized carbons (Fsp3) is 0.400. The Morgan fingerprint density at radius 2 is 1.83 bits per heavy atom. The van der Waals surface area contributed by atoms with Crippen molar-refractivity contribution in [2.75, 3.05) is 25.2 Å². The number of imidazole rings is 1. The van der Waals surface area contributed by atoms with Gasteiger partial charge in [-0.1, -0.05) is 0 Å². The lowest BCUT2D eigenvalue weighted by molar-refractivity contribution is 0.140. The zero-order chi connectivity index (χ0) is 21.7. The Morgan fingerprint density at radius 3 is 2.50 bits per heavy atom. The number of aromatic nitrogens is 4. The molecule has 1 N–H and O–H groups in total. The second kappa shape index (κ2) is 9.40. The zero-order valence-corrected chi connectivity index (χ0v) is 17.6. The Balaban J connectivity index is 1.94. The number of rotatable bonds is 9. The Hall–Kier alpha value is -3.40. The molecule has 0 aliphatic carbocycles. The van der Waals surface area contributed by atoms with Crippen LogP contribution in [0.2, 0.25) is 0 Å². The number of hydrogen-bond donors (Lipinski definition) is 1. The molecule has 3 aromatic rings. The third kappa shape index (κ3) is 4.28. The predicted molar refractivity (Wildman–Crippen MR) is 116 cm³/mol. The van der Waals surface area contributed by atoms with Crippen LogP contribution in [0.1, 0.15) is 19.4 Å². The van der Waals surface area contributed by atoms with Crippen molar-refractivity contribution in [3.63, 3.8) is 0 Å². The number of nitrogens with one attached hydrogen (secondary N) is 1. The van der Waals surface area contributed by atoms with Crippen LogP contribution < -0.4 is 21.4 Å². The molecule has 2 heterocycles. The summed E-state index contributed by atoms with van der Waals surface area (Å²) in [4.78, 5) is 29.4. The predicted octanol–water partition coefficient (Wildman–Crippen LogP) is 1.31. The largest absolute Gasteiger partial charge is 0.494 e. The van der Waals surface area contributed by atoms with Gasteiger partial charge in [0.05, 0.1) is 19.4 Å².